The van der Waals surface area contributed by atoms with E-state index in [-0.39, 0.29) is 0 Å². The van der Waals surface area contributed by atoms with Gasteiger partial charge >= 0.3 is 0 Å². The molecule has 0 rings (SSSR count). The Hall–Kier alpha value is -1.92. The lowest BCUT2D eigenvalue weighted by molar-refractivity contribution is 0.529. The Morgan fingerprint density at radius 1 is 1.39 bits per heavy atom. The molecule has 0 unspecified atom stereocenters. The molecule has 0 spiro atoms. The van der Waals surface area contributed by atoms with E-state index in [0.717, 1.165) is 11.4 Å². The number of aliphatic imine (C=N–C) groups is 2. The van der Waals surface area contributed by atoms with Crippen LogP contribution in [0.5, 0.6) is 0 Å². The monoisotopic (exact) mass is 349 g/mol. The third kappa shape index (κ3) is 12.3. The van der Waals surface area contributed by atoms with E-state index in [1.165, 1.54) is 0 Å². The normalized spacial score (nSPS) is 12.3. The Bertz CT molecular complexity index is 553. The number of allylic oxidation sites excluding steroid dienone is 4. The minimum atomic E-state index is 0.345. The molecule has 0 atom stereocenters. The van der Waals surface area contributed by atoms with Crippen molar-refractivity contribution in [2.45, 2.75) is 6.92 Å². The summed E-state index contributed by atoms with van der Waals surface area (Å²) < 4.78 is 0. The first-order valence-electron chi connectivity index (χ1n) is 6.93. The van der Waals surface area contributed by atoms with Gasteiger partial charge in [0.15, 0.2) is 0 Å². The molecule has 2 N–H and O–H groups in total. The summed E-state index contributed by atoms with van der Waals surface area (Å²) in [6, 6.07) is 0. The summed E-state index contributed by atoms with van der Waals surface area (Å²) in [4.78, 5) is 10.5. The van der Waals surface area contributed by atoms with Crippen LogP contribution in [0.2, 0.25) is 0 Å². The molecule has 0 aliphatic heterocycles. The molecule has 124 valence electrons. The van der Waals surface area contributed by atoms with E-state index in [1.807, 2.05) is 44.1 Å². The lowest BCUT2D eigenvalue weighted by atomic mass is 10.3. The Morgan fingerprint density at radius 3 is 2.74 bits per heavy atom. The van der Waals surface area contributed by atoms with Crippen molar-refractivity contribution in [2.75, 3.05) is 27.2 Å². The van der Waals surface area contributed by atoms with Gasteiger partial charge in [-0.3, -0.25) is 4.99 Å². The van der Waals surface area contributed by atoms with Gasteiger partial charge in [-0.05, 0) is 31.3 Å². The zero-order valence-corrected chi connectivity index (χ0v) is 15.4. The Labute approximate surface area is 149 Å². The van der Waals surface area contributed by atoms with Crippen molar-refractivity contribution >= 4 is 40.7 Å². The first kappa shape index (κ1) is 21.1. The van der Waals surface area contributed by atoms with Crippen LogP contribution < -0.4 is 10.9 Å². The first-order chi connectivity index (χ1) is 11.0. The molecule has 0 fully saturated rings. The number of nitrogens with one attached hydrogen (secondary N) is 2. The van der Waals surface area contributed by atoms with Crippen molar-refractivity contribution in [1.29, 1.82) is 0 Å². The molecule has 23 heavy (non-hydrogen) atoms. The van der Waals surface area contributed by atoms with Crippen LogP contribution in [0.4, 0.5) is 0 Å². The molecule has 0 bridgehead atoms. The second-order valence-electron chi connectivity index (χ2n) is 4.59. The SMILES string of the molecule is C=C/C=C(\C=C/CNN/C(C)=C/N=CC(=S)CN=C=S)N(C)C. The highest BCUT2D eigenvalue weighted by Gasteiger charge is 1.92. The van der Waals surface area contributed by atoms with E-state index in [4.69, 9.17) is 12.2 Å². The van der Waals surface area contributed by atoms with Gasteiger partial charge in [-0.1, -0.05) is 30.9 Å². The molecule has 0 amide bonds. The van der Waals surface area contributed by atoms with Crippen molar-refractivity contribution in [3.05, 3.63) is 48.5 Å². The Balaban J connectivity index is 4.17. The van der Waals surface area contributed by atoms with Crippen LogP contribution in [0.25, 0.3) is 0 Å². The van der Waals surface area contributed by atoms with Gasteiger partial charge in [-0.15, -0.1) is 0 Å². The van der Waals surface area contributed by atoms with E-state index in [9.17, 15) is 0 Å². The maximum absolute atomic E-state index is 5.04. The second-order valence-corrected chi connectivity index (χ2v) is 5.30. The van der Waals surface area contributed by atoms with Gasteiger partial charge in [0.1, 0.15) is 0 Å². The quantitative estimate of drug-likeness (QED) is 0.197. The molecule has 5 nitrogen and oxygen atoms in total. The van der Waals surface area contributed by atoms with Gasteiger partial charge in [0.2, 0.25) is 0 Å². The Kier molecular flexibility index (Phi) is 12.6. The fourth-order valence-corrected chi connectivity index (χ4v) is 1.51. The number of hydrogen-bond acceptors (Lipinski definition) is 7. The van der Waals surface area contributed by atoms with Crippen molar-refractivity contribution in [3.63, 3.8) is 0 Å². The molecular weight excluding hydrogens is 326 g/mol. The van der Waals surface area contributed by atoms with Crippen molar-refractivity contribution in [2.24, 2.45) is 9.98 Å². The zero-order chi connectivity index (χ0) is 17.5. The molecule has 0 radical (unpaired) electrons. The third-order valence-corrected chi connectivity index (χ3v) is 2.75. The molecule has 0 aromatic carbocycles. The summed E-state index contributed by atoms with van der Waals surface area (Å²) >= 11 is 9.51. The summed E-state index contributed by atoms with van der Waals surface area (Å²) in [5, 5.41) is 2.26. The van der Waals surface area contributed by atoms with Gasteiger partial charge in [0.25, 0.3) is 0 Å². The van der Waals surface area contributed by atoms with Gasteiger partial charge in [-0.2, -0.15) is 0 Å². The van der Waals surface area contributed by atoms with Crippen molar-refractivity contribution in [1.82, 2.24) is 15.8 Å². The summed E-state index contributed by atoms with van der Waals surface area (Å²) in [6.45, 7) is 6.61. The summed E-state index contributed by atoms with van der Waals surface area (Å²) in [5.74, 6) is 0. The van der Waals surface area contributed by atoms with Gasteiger partial charge in [0.05, 0.1) is 16.6 Å². The zero-order valence-electron chi connectivity index (χ0n) is 13.7. The van der Waals surface area contributed by atoms with E-state index in [1.54, 1.807) is 18.5 Å². The van der Waals surface area contributed by atoms with E-state index >= 15 is 0 Å². The van der Waals surface area contributed by atoms with Gasteiger partial charge < -0.3 is 10.3 Å². The lowest BCUT2D eigenvalue weighted by Crippen LogP contribution is -2.30. The number of hydrazine groups is 1. The molecule has 7 heteroatoms. The number of thiocarbonyl (C=S) groups is 2. The van der Waals surface area contributed by atoms with Crippen molar-refractivity contribution < 1.29 is 0 Å². The molecule has 0 saturated carbocycles. The second kappa shape index (κ2) is 13.7. The van der Waals surface area contributed by atoms with Crippen LogP contribution in [0, 0.1) is 0 Å². The molecule has 0 saturated heterocycles. The Morgan fingerprint density at radius 2 is 2.13 bits per heavy atom. The molecule has 0 aliphatic rings. The standard InChI is InChI=1S/C16H23N5S2/c1-5-7-15(21(3)4)8-6-9-19-20-14(2)10-17-11-16(23)12-18-13-22/h5-8,10-11,19-20H,1,9,12H2,2-4H3/b8-6-,14-10+,15-7+,17-11?. The highest BCUT2D eigenvalue weighted by Crippen LogP contribution is 2.00. The maximum atomic E-state index is 5.04. The smallest absolute Gasteiger partial charge is 0.0859 e. The number of likely N-dealkylation sites (N-methyl/N-ethyl adjacent to an activating group) is 1. The topological polar surface area (TPSA) is 52.0 Å². The highest BCUT2D eigenvalue weighted by molar-refractivity contribution is 7.82. The minimum absolute atomic E-state index is 0.345. The van der Waals surface area contributed by atoms with Crippen LogP contribution >= 0.6 is 24.4 Å². The summed E-state index contributed by atoms with van der Waals surface area (Å²) in [6.07, 6.45) is 11.0. The summed E-state index contributed by atoms with van der Waals surface area (Å²) in [7, 11) is 3.97. The minimum Gasteiger partial charge on any atom is -0.378 e. The predicted molar refractivity (Wildman–Crippen MR) is 107 cm³/mol. The largest absolute Gasteiger partial charge is 0.378 e. The van der Waals surface area contributed by atoms with Crippen LogP contribution in [0.15, 0.2) is 58.5 Å². The average molecular weight is 350 g/mol. The predicted octanol–water partition coefficient (Wildman–Crippen LogP) is 2.67. The maximum Gasteiger partial charge on any atom is 0.0859 e. The lowest BCUT2D eigenvalue weighted by Gasteiger charge is -2.13. The average Bonchev–Trinajstić information content (AvgIpc) is 2.51. The number of hydrogen-bond donors (Lipinski definition) is 2. The van der Waals surface area contributed by atoms with Crippen LogP contribution in [0.3, 0.4) is 0 Å². The fraction of sp³-hybridized carbons (Fsp3) is 0.312. The van der Waals surface area contributed by atoms with Crippen LogP contribution in [0.1, 0.15) is 6.92 Å². The summed E-state index contributed by atoms with van der Waals surface area (Å²) in [5.41, 5.74) is 8.04. The number of nitrogens with zero attached hydrogens (tertiary/aromatic N) is 3. The molecule has 0 aromatic rings. The third-order valence-electron chi connectivity index (χ3n) is 2.39. The number of isothiocyanates is 1. The van der Waals surface area contributed by atoms with Crippen LogP contribution in [-0.4, -0.2) is 48.3 Å². The molecule has 0 aromatic heterocycles. The highest BCUT2D eigenvalue weighted by atomic mass is 32.1. The van der Waals surface area contributed by atoms with Gasteiger partial charge in [0, 0.05) is 44.4 Å². The van der Waals surface area contributed by atoms with E-state index in [2.05, 4.69) is 44.8 Å². The molecule has 0 aliphatic carbocycles. The first-order valence-corrected chi connectivity index (χ1v) is 7.74. The fourth-order valence-electron chi connectivity index (χ4n) is 1.32. The van der Waals surface area contributed by atoms with E-state index in [0.29, 0.717) is 18.0 Å². The van der Waals surface area contributed by atoms with Crippen LogP contribution in [-0.2, 0) is 0 Å². The molecular formula is C16H23N5S2. The van der Waals surface area contributed by atoms with Crippen molar-refractivity contribution in [3.8, 4) is 0 Å². The molecule has 0 heterocycles. The van der Waals surface area contributed by atoms with Gasteiger partial charge in [-0.25, -0.2) is 10.4 Å². The van der Waals surface area contributed by atoms with E-state index < -0.39 is 0 Å². The number of rotatable bonds is 11.